The van der Waals surface area contributed by atoms with Crippen molar-refractivity contribution in [2.75, 3.05) is 7.11 Å². The van der Waals surface area contributed by atoms with Crippen LogP contribution < -0.4 is 4.74 Å². The van der Waals surface area contributed by atoms with E-state index in [1.807, 2.05) is 35.7 Å². The molecule has 0 aliphatic carbocycles. The molecule has 0 fully saturated rings. The standard InChI is InChI=1S/C24H20N4OS3/c1-16-9-11-17(12-10-16)23-25-18(14-31-23)15-32-24-27-26-22(21-8-5-13-30-21)28(24)19-6-3-4-7-20(19)29-2/h3-14H,15H2,1-2H3. The Hall–Kier alpha value is -2.94. The van der Waals surface area contributed by atoms with Gasteiger partial charge in [-0.3, -0.25) is 4.57 Å². The average molecular weight is 477 g/mol. The molecule has 3 heterocycles. The van der Waals surface area contributed by atoms with Gasteiger partial charge in [-0.25, -0.2) is 4.98 Å². The van der Waals surface area contributed by atoms with Crippen molar-refractivity contribution < 1.29 is 4.74 Å². The zero-order valence-electron chi connectivity index (χ0n) is 17.6. The third-order valence-corrected chi connectivity index (χ3v) is 7.67. The fraction of sp³-hybridized carbons (Fsp3) is 0.125. The zero-order valence-corrected chi connectivity index (χ0v) is 20.0. The summed E-state index contributed by atoms with van der Waals surface area (Å²) in [6, 6.07) is 20.5. The Labute approximate surface area is 198 Å². The largest absolute Gasteiger partial charge is 0.495 e. The van der Waals surface area contributed by atoms with Gasteiger partial charge in [0.15, 0.2) is 11.0 Å². The number of aromatic nitrogens is 4. The first kappa shape index (κ1) is 20.9. The number of thiophene rings is 1. The van der Waals surface area contributed by atoms with Gasteiger partial charge in [-0.2, -0.15) is 0 Å². The molecule has 8 heteroatoms. The van der Waals surface area contributed by atoms with Gasteiger partial charge in [0.2, 0.25) is 0 Å². The van der Waals surface area contributed by atoms with E-state index in [4.69, 9.17) is 9.72 Å². The molecule has 0 atom stereocenters. The van der Waals surface area contributed by atoms with Gasteiger partial charge in [0.1, 0.15) is 10.8 Å². The number of aryl methyl sites for hydroxylation is 1. The van der Waals surface area contributed by atoms with Crippen LogP contribution in [0.15, 0.2) is 76.6 Å². The van der Waals surface area contributed by atoms with Crippen LogP contribution in [0.2, 0.25) is 0 Å². The monoisotopic (exact) mass is 476 g/mol. The van der Waals surface area contributed by atoms with Crippen LogP contribution in [0.1, 0.15) is 11.3 Å². The summed E-state index contributed by atoms with van der Waals surface area (Å²) in [5.74, 6) is 2.30. The molecule has 0 saturated heterocycles. The number of benzene rings is 2. The maximum Gasteiger partial charge on any atom is 0.196 e. The van der Waals surface area contributed by atoms with Gasteiger partial charge >= 0.3 is 0 Å². The van der Waals surface area contributed by atoms with E-state index >= 15 is 0 Å². The van der Waals surface area contributed by atoms with Gasteiger partial charge < -0.3 is 4.74 Å². The summed E-state index contributed by atoms with van der Waals surface area (Å²) in [7, 11) is 1.68. The molecule has 0 amide bonds. The number of hydrogen-bond acceptors (Lipinski definition) is 7. The highest BCUT2D eigenvalue weighted by atomic mass is 32.2. The lowest BCUT2D eigenvalue weighted by Crippen LogP contribution is -2.01. The second-order valence-corrected chi connectivity index (χ2v) is 9.84. The van der Waals surface area contributed by atoms with Crippen molar-refractivity contribution in [1.29, 1.82) is 0 Å². The predicted octanol–water partition coefficient (Wildman–Crippen LogP) is 6.73. The summed E-state index contributed by atoms with van der Waals surface area (Å²) in [5.41, 5.74) is 4.35. The third-order valence-electron chi connectivity index (χ3n) is 4.90. The number of thiazole rings is 1. The average Bonchev–Trinajstić information content (AvgIpc) is 3.58. The van der Waals surface area contributed by atoms with Gasteiger partial charge in [0.05, 0.1) is 23.4 Å². The number of thioether (sulfide) groups is 1. The van der Waals surface area contributed by atoms with E-state index in [1.165, 1.54) is 5.56 Å². The second kappa shape index (κ2) is 9.28. The topological polar surface area (TPSA) is 52.8 Å². The highest BCUT2D eigenvalue weighted by Crippen LogP contribution is 2.35. The van der Waals surface area contributed by atoms with Crippen molar-refractivity contribution >= 4 is 34.4 Å². The minimum atomic E-state index is 0.708. The molecule has 0 saturated carbocycles. The number of rotatable bonds is 7. The van der Waals surface area contributed by atoms with Gasteiger partial charge in [0, 0.05) is 16.7 Å². The SMILES string of the molecule is COc1ccccc1-n1c(SCc2csc(-c3ccc(C)cc3)n2)nnc1-c1cccs1. The molecule has 0 aliphatic rings. The molecule has 2 aromatic carbocycles. The Morgan fingerprint density at radius 3 is 2.59 bits per heavy atom. The van der Waals surface area contributed by atoms with Gasteiger partial charge in [-0.1, -0.05) is 59.8 Å². The Bertz CT molecular complexity index is 1320. The van der Waals surface area contributed by atoms with Gasteiger partial charge in [-0.15, -0.1) is 32.9 Å². The van der Waals surface area contributed by atoms with E-state index in [2.05, 4.69) is 57.4 Å². The minimum Gasteiger partial charge on any atom is -0.495 e. The zero-order chi connectivity index (χ0) is 21.9. The van der Waals surface area contributed by atoms with Gasteiger partial charge in [-0.05, 0) is 30.5 Å². The first-order chi connectivity index (χ1) is 15.7. The van der Waals surface area contributed by atoms with Crippen molar-refractivity contribution in [3.8, 4) is 32.7 Å². The summed E-state index contributed by atoms with van der Waals surface area (Å²) >= 11 is 4.94. The van der Waals surface area contributed by atoms with Crippen molar-refractivity contribution in [2.45, 2.75) is 17.8 Å². The summed E-state index contributed by atoms with van der Waals surface area (Å²) < 4.78 is 7.70. The highest BCUT2D eigenvalue weighted by molar-refractivity contribution is 7.98. The fourth-order valence-corrected chi connectivity index (χ4v) is 5.77. The first-order valence-electron chi connectivity index (χ1n) is 10.00. The maximum atomic E-state index is 5.63. The highest BCUT2D eigenvalue weighted by Gasteiger charge is 2.20. The molecule has 0 spiro atoms. The molecule has 0 bridgehead atoms. The smallest absolute Gasteiger partial charge is 0.196 e. The van der Waals surface area contributed by atoms with Crippen LogP contribution in [-0.2, 0) is 5.75 Å². The molecule has 5 rings (SSSR count). The summed E-state index contributed by atoms with van der Waals surface area (Å²) in [6.45, 7) is 2.09. The van der Waals surface area contributed by atoms with E-state index in [9.17, 15) is 0 Å². The van der Waals surface area contributed by atoms with E-state index < -0.39 is 0 Å². The quantitative estimate of drug-likeness (QED) is 0.244. The summed E-state index contributed by atoms with van der Waals surface area (Å²) in [5, 5.41) is 15.0. The summed E-state index contributed by atoms with van der Waals surface area (Å²) in [6.07, 6.45) is 0. The molecule has 5 aromatic rings. The van der Waals surface area contributed by atoms with Crippen molar-refractivity contribution in [3.05, 3.63) is 82.7 Å². The molecule has 0 unspecified atom stereocenters. The maximum absolute atomic E-state index is 5.63. The molecule has 160 valence electrons. The van der Waals surface area contributed by atoms with Crippen LogP contribution in [-0.4, -0.2) is 26.9 Å². The Morgan fingerprint density at radius 2 is 1.81 bits per heavy atom. The minimum absolute atomic E-state index is 0.708. The molecule has 0 aliphatic heterocycles. The Morgan fingerprint density at radius 1 is 0.969 bits per heavy atom. The van der Waals surface area contributed by atoms with Gasteiger partial charge in [0.25, 0.3) is 0 Å². The molecule has 5 nitrogen and oxygen atoms in total. The van der Waals surface area contributed by atoms with Crippen molar-refractivity contribution in [2.24, 2.45) is 0 Å². The lowest BCUT2D eigenvalue weighted by atomic mass is 10.2. The van der Waals surface area contributed by atoms with Crippen molar-refractivity contribution in [3.63, 3.8) is 0 Å². The summed E-state index contributed by atoms with van der Waals surface area (Å²) in [4.78, 5) is 5.90. The third kappa shape index (κ3) is 4.21. The lowest BCUT2D eigenvalue weighted by Gasteiger charge is -2.13. The number of ether oxygens (including phenoxy) is 1. The van der Waals surface area contributed by atoms with Crippen LogP contribution in [0.5, 0.6) is 5.75 Å². The first-order valence-corrected chi connectivity index (χ1v) is 12.7. The molecule has 0 radical (unpaired) electrons. The molecule has 3 aromatic heterocycles. The normalized spacial score (nSPS) is 11.1. The lowest BCUT2D eigenvalue weighted by molar-refractivity contribution is 0.412. The number of methoxy groups -OCH3 is 1. The molecule has 0 N–H and O–H groups in total. The van der Waals surface area contributed by atoms with E-state index in [0.717, 1.165) is 43.6 Å². The molecular weight excluding hydrogens is 456 g/mol. The van der Waals surface area contributed by atoms with Crippen LogP contribution in [0, 0.1) is 6.92 Å². The number of nitrogens with zero attached hydrogens (tertiary/aromatic N) is 4. The molecule has 32 heavy (non-hydrogen) atoms. The van der Waals surface area contributed by atoms with Crippen LogP contribution in [0.25, 0.3) is 27.0 Å². The van der Waals surface area contributed by atoms with Crippen LogP contribution in [0.4, 0.5) is 0 Å². The fourth-order valence-electron chi connectivity index (χ4n) is 3.30. The second-order valence-electron chi connectivity index (χ2n) is 7.09. The van der Waals surface area contributed by atoms with E-state index in [1.54, 1.807) is 41.5 Å². The van der Waals surface area contributed by atoms with Crippen LogP contribution in [0.3, 0.4) is 0 Å². The Balaban J connectivity index is 1.45. The molecular formula is C24H20N4OS3. The Kier molecular flexibility index (Phi) is 6.07. The van der Waals surface area contributed by atoms with E-state index in [0.29, 0.717) is 5.75 Å². The van der Waals surface area contributed by atoms with Crippen LogP contribution >= 0.6 is 34.4 Å². The van der Waals surface area contributed by atoms with E-state index in [-0.39, 0.29) is 0 Å². The predicted molar refractivity (Wildman–Crippen MR) is 133 cm³/mol. The number of para-hydroxylation sites is 2. The van der Waals surface area contributed by atoms with Crippen molar-refractivity contribution in [1.82, 2.24) is 19.7 Å². The number of hydrogen-bond donors (Lipinski definition) is 0.